The lowest BCUT2D eigenvalue weighted by atomic mass is 10.1. The third-order valence-electron chi connectivity index (χ3n) is 3.24. The summed E-state index contributed by atoms with van der Waals surface area (Å²) in [6.07, 6.45) is 2.21. The molecule has 1 saturated carbocycles. The highest BCUT2D eigenvalue weighted by molar-refractivity contribution is 5.65. The van der Waals surface area contributed by atoms with Gasteiger partial charge in [-0.15, -0.1) is 0 Å². The van der Waals surface area contributed by atoms with Gasteiger partial charge in [0, 0.05) is 29.8 Å². The maximum Gasteiger partial charge on any atom is 0.230 e. The van der Waals surface area contributed by atoms with Gasteiger partial charge in [-0.3, -0.25) is 0 Å². The highest BCUT2D eigenvalue weighted by atomic mass is 19.1. The summed E-state index contributed by atoms with van der Waals surface area (Å²) in [6, 6.07) is 3.28. The van der Waals surface area contributed by atoms with Crippen molar-refractivity contribution in [1.29, 1.82) is 0 Å². The van der Waals surface area contributed by atoms with Crippen LogP contribution in [0.2, 0.25) is 0 Å². The molecule has 0 aliphatic heterocycles. The maximum absolute atomic E-state index is 13.8. The van der Waals surface area contributed by atoms with E-state index >= 15 is 0 Å². The molecule has 1 N–H and O–H groups in total. The van der Waals surface area contributed by atoms with Gasteiger partial charge in [0.25, 0.3) is 0 Å². The number of hydrogen-bond donors (Lipinski definition) is 1. The van der Waals surface area contributed by atoms with Crippen LogP contribution in [0, 0.1) is 12.7 Å². The van der Waals surface area contributed by atoms with E-state index < -0.39 is 0 Å². The molecule has 1 aromatic carbocycles. The van der Waals surface area contributed by atoms with Crippen molar-refractivity contribution in [3.63, 3.8) is 0 Å². The van der Waals surface area contributed by atoms with E-state index in [4.69, 9.17) is 4.52 Å². The summed E-state index contributed by atoms with van der Waals surface area (Å²) in [4.78, 5) is 4.32. The first kappa shape index (κ1) is 11.2. The fraction of sp³-hybridized carbons (Fsp3) is 0.385. The van der Waals surface area contributed by atoms with Crippen molar-refractivity contribution in [2.75, 3.05) is 12.4 Å². The Morgan fingerprint density at radius 3 is 2.83 bits per heavy atom. The molecule has 4 nitrogen and oxygen atoms in total. The molecule has 1 heterocycles. The zero-order valence-electron chi connectivity index (χ0n) is 10.3. The van der Waals surface area contributed by atoms with Crippen molar-refractivity contribution in [3.05, 3.63) is 29.4 Å². The third-order valence-corrected chi connectivity index (χ3v) is 3.24. The van der Waals surface area contributed by atoms with Gasteiger partial charge in [0.1, 0.15) is 5.82 Å². The molecule has 1 aliphatic carbocycles. The minimum absolute atomic E-state index is 0.269. The van der Waals surface area contributed by atoms with Gasteiger partial charge in [-0.2, -0.15) is 4.98 Å². The minimum atomic E-state index is -0.269. The van der Waals surface area contributed by atoms with Crippen LogP contribution in [0.3, 0.4) is 0 Å². The molecule has 1 aliphatic rings. The lowest BCUT2D eigenvalue weighted by molar-refractivity contribution is 0.380. The van der Waals surface area contributed by atoms with Crippen molar-refractivity contribution in [3.8, 4) is 11.4 Å². The molecule has 1 fully saturated rings. The van der Waals surface area contributed by atoms with Gasteiger partial charge < -0.3 is 9.84 Å². The van der Waals surface area contributed by atoms with Crippen molar-refractivity contribution < 1.29 is 8.91 Å². The van der Waals surface area contributed by atoms with E-state index in [9.17, 15) is 4.39 Å². The lowest BCUT2D eigenvalue weighted by Crippen LogP contribution is -1.96. The van der Waals surface area contributed by atoms with Crippen LogP contribution < -0.4 is 5.32 Å². The van der Waals surface area contributed by atoms with E-state index in [1.807, 2.05) is 6.07 Å². The van der Waals surface area contributed by atoms with E-state index in [2.05, 4.69) is 15.5 Å². The first-order chi connectivity index (χ1) is 8.69. The second-order valence-corrected chi connectivity index (χ2v) is 4.61. The SMILES string of the molecule is CNc1cc(-c2noc(C3CC3)n2)cc(F)c1C. The average Bonchev–Trinajstić information content (AvgIpc) is 3.11. The standard InChI is InChI=1S/C13H14FN3O/c1-7-10(14)5-9(6-11(7)15-2)12-16-13(18-17-12)8-3-4-8/h5-6,8,15H,3-4H2,1-2H3. The van der Waals surface area contributed by atoms with Crippen LogP contribution in [-0.4, -0.2) is 17.2 Å². The molecule has 0 saturated heterocycles. The molecule has 0 bridgehead atoms. The van der Waals surface area contributed by atoms with Crippen LogP contribution in [0.15, 0.2) is 16.7 Å². The zero-order chi connectivity index (χ0) is 12.7. The third kappa shape index (κ3) is 1.85. The summed E-state index contributed by atoms with van der Waals surface area (Å²) < 4.78 is 18.9. The topological polar surface area (TPSA) is 51.0 Å². The molecule has 0 atom stereocenters. The molecule has 0 radical (unpaired) electrons. The van der Waals surface area contributed by atoms with E-state index in [1.165, 1.54) is 6.07 Å². The molecule has 1 aromatic heterocycles. The minimum Gasteiger partial charge on any atom is -0.388 e. The normalized spacial score (nSPS) is 14.8. The Labute approximate surface area is 104 Å². The van der Waals surface area contributed by atoms with Crippen LogP contribution in [0.1, 0.15) is 30.2 Å². The quantitative estimate of drug-likeness (QED) is 0.905. The smallest absolute Gasteiger partial charge is 0.230 e. The summed E-state index contributed by atoms with van der Waals surface area (Å²) in [5.41, 5.74) is 1.97. The summed E-state index contributed by atoms with van der Waals surface area (Å²) in [6.45, 7) is 1.73. The first-order valence-corrected chi connectivity index (χ1v) is 6.01. The maximum atomic E-state index is 13.8. The molecule has 0 spiro atoms. The number of rotatable bonds is 3. The fourth-order valence-electron chi connectivity index (χ4n) is 1.92. The molecule has 2 aromatic rings. The molecule has 5 heteroatoms. The van der Waals surface area contributed by atoms with Gasteiger partial charge in [0.2, 0.25) is 11.7 Å². The fourth-order valence-corrected chi connectivity index (χ4v) is 1.92. The van der Waals surface area contributed by atoms with E-state index in [-0.39, 0.29) is 5.82 Å². The van der Waals surface area contributed by atoms with Crippen molar-refractivity contribution >= 4 is 5.69 Å². The van der Waals surface area contributed by atoms with Gasteiger partial charge in [-0.05, 0) is 31.9 Å². The summed E-state index contributed by atoms with van der Waals surface area (Å²) in [7, 11) is 1.76. The Kier molecular flexibility index (Phi) is 2.54. The lowest BCUT2D eigenvalue weighted by Gasteiger charge is -2.07. The predicted molar refractivity (Wildman–Crippen MR) is 66.0 cm³/mol. The van der Waals surface area contributed by atoms with E-state index in [0.29, 0.717) is 28.8 Å². The van der Waals surface area contributed by atoms with E-state index in [1.54, 1.807) is 14.0 Å². The molecule has 94 valence electrons. The Morgan fingerprint density at radius 2 is 2.17 bits per heavy atom. The second-order valence-electron chi connectivity index (χ2n) is 4.61. The average molecular weight is 247 g/mol. The van der Waals surface area contributed by atoms with Crippen LogP contribution >= 0.6 is 0 Å². The van der Waals surface area contributed by atoms with Gasteiger partial charge in [0.15, 0.2) is 0 Å². The highest BCUT2D eigenvalue weighted by Crippen LogP contribution is 2.39. The number of aromatic nitrogens is 2. The summed E-state index contributed by atoms with van der Waals surface area (Å²) in [5.74, 6) is 1.25. The van der Waals surface area contributed by atoms with Gasteiger partial charge in [-0.25, -0.2) is 4.39 Å². The summed E-state index contributed by atoms with van der Waals surface area (Å²) in [5, 5.41) is 6.88. The molecular formula is C13H14FN3O. The Morgan fingerprint density at radius 1 is 1.39 bits per heavy atom. The molecule has 3 rings (SSSR count). The Balaban J connectivity index is 2.01. The van der Waals surface area contributed by atoms with E-state index in [0.717, 1.165) is 18.5 Å². The molecule has 0 amide bonds. The highest BCUT2D eigenvalue weighted by Gasteiger charge is 2.29. The van der Waals surface area contributed by atoms with Crippen molar-refractivity contribution in [2.24, 2.45) is 0 Å². The number of halogens is 1. The Bertz CT molecular complexity index is 590. The number of anilines is 1. The number of benzene rings is 1. The van der Waals surface area contributed by atoms with Gasteiger partial charge in [0.05, 0.1) is 0 Å². The predicted octanol–water partition coefficient (Wildman–Crippen LogP) is 3.10. The largest absolute Gasteiger partial charge is 0.388 e. The van der Waals surface area contributed by atoms with Crippen LogP contribution in [0.4, 0.5) is 10.1 Å². The van der Waals surface area contributed by atoms with Crippen molar-refractivity contribution in [2.45, 2.75) is 25.7 Å². The first-order valence-electron chi connectivity index (χ1n) is 6.01. The monoisotopic (exact) mass is 247 g/mol. The van der Waals surface area contributed by atoms with Crippen LogP contribution in [0.25, 0.3) is 11.4 Å². The van der Waals surface area contributed by atoms with Crippen LogP contribution in [0.5, 0.6) is 0 Å². The molecular weight excluding hydrogens is 233 g/mol. The Hall–Kier alpha value is -1.91. The zero-order valence-corrected chi connectivity index (χ0v) is 10.3. The molecule has 18 heavy (non-hydrogen) atoms. The summed E-state index contributed by atoms with van der Waals surface area (Å²) >= 11 is 0. The number of nitrogens with one attached hydrogen (secondary N) is 1. The number of nitrogens with zero attached hydrogens (tertiary/aromatic N) is 2. The van der Waals surface area contributed by atoms with Crippen molar-refractivity contribution in [1.82, 2.24) is 10.1 Å². The van der Waals surface area contributed by atoms with Gasteiger partial charge in [-0.1, -0.05) is 5.16 Å². The second kappa shape index (κ2) is 4.08. The van der Waals surface area contributed by atoms with Gasteiger partial charge >= 0.3 is 0 Å². The number of hydrogen-bond acceptors (Lipinski definition) is 4. The molecule has 0 unspecified atom stereocenters. The van der Waals surface area contributed by atoms with Crippen LogP contribution in [-0.2, 0) is 0 Å².